The van der Waals surface area contributed by atoms with Crippen LogP contribution in [0.15, 0.2) is 79.1 Å². The van der Waals surface area contributed by atoms with E-state index in [1.54, 1.807) is 46.5 Å². The zero-order chi connectivity index (χ0) is 31.9. The van der Waals surface area contributed by atoms with Gasteiger partial charge in [-0.05, 0) is 43.4 Å². The summed E-state index contributed by atoms with van der Waals surface area (Å²) in [5.74, 6) is 2.17. The fourth-order valence-electron chi connectivity index (χ4n) is 4.86. The topological polar surface area (TPSA) is 113 Å². The van der Waals surface area contributed by atoms with Crippen LogP contribution in [-0.2, 0) is 24.3 Å². The molecule has 2 aromatic carbocycles. The molecular formula is C33H34ClN7O4. The first kappa shape index (κ1) is 31.4. The SMILES string of the molecule is COc1cc(OC)c(Cl)c(N2Cc3cnc(Nc4ccccn4)nc3N(Cc3cccc(CC(=O)/C=C/CN(C)C)c3)C2=O)c1. The molecule has 1 N–H and O–H groups in total. The lowest BCUT2D eigenvalue weighted by Crippen LogP contribution is -2.47. The highest BCUT2D eigenvalue weighted by atomic mass is 35.5. The predicted molar refractivity (Wildman–Crippen MR) is 175 cm³/mol. The maximum absolute atomic E-state index is 14.3. The number of likely N-dealkylation sites (N-methyl/N-ethyl adjacent to an activating group) is 1. The number of rotatable bonds is 12. The van der Waals surface area contributed by atoms with Crippen LogP contribution in [-0.4, -0.2) is 66.5 Å². The minimum Gasteiger partial charge on any atom is -0.497 e. The summed E-state index contributed by atoms with van der Waals surface area (Å²) >= 11 is 6.73. The third-order valence-corrected chi connectivity index (χ3v) is 7.40. The third-order valence-electron chi connectivity index (χ3n) is 7.02. The average molecular weight is 628 g/mol. The lowest BCUT2D eigenvalue weighted by molar-refractivity contribution is -0.114. The van der Waals surface area contributed by atoms with Crippen molar-refractivity contribution in [2.24, 2.45) is 0 Å². The number of methoxy groups -OCH3 is 2. The van der Waals surface area contributed by atoms with Crippen LogP contribution in [0.4, 0.5) is 28.1 Å². The summed E-state index contributed by atoms with van der Waals surface area (Å²) in [6, 6.07) is 16.1. The Balaban J connectivity index is 1.50. The van der Waals surface area contributed by atoms with Crippen molar-refractivity contribution in [1.82, 2.24) is 19.9 Å². The van der Waals surface area contributed by atoms with Crippen molar-refractivity contribution in [3.05, 3.63) is 101 Å². The summed E-state index contributed by atoms with van der Waals surface area (Å²) in [4.78, 5) is 45.5. The highest BCUT2D eigenvalue weighted by Gasteiger charge is 2.35. The number of anilines is 4. The first-order chi connectivity index (χ1) is 21.7. The molecule has 232 valence electrons. The van der Waals surface area contributed by atoms with Gasteiger partial charge in [-0.1, -0.05) is 48.0 Å². The number of ether oxygens (including phenoxy) is 2. The third kappa shape index (κ3) is 7.57. The Morgan fingerprint density at radius 1 is 1.07 bits per heavy atom. The number of amides is 2. The summed E-state index contributed by atoms with van der Waals surface area (Å²) in [7, 11) is 6.93. The van der Waals surface area contributed by atoms with Crippen LogP contribution < -0.4 is 24.6 Å². The van der Waals surface area contributed by atoms with E-state index in [0.29, 0.717) is 46.9 Å². The van der Waals surface area contributed by atoms with Crippen LogP contribution in [0.1, 0.15) is 16.7 Å². The van der Waals surface area contributed by atoms with E-state index in [9.17, 15) is 9.59 Å². The zero-order valence-corrected chi connectivity index (χ0v) is 26.3. The van der Waals surface area contributed by atoms with Crippen molar-refractivity contribution in [2.75, 3.05) is 50.0 Å². The van der Waals surface area contributed by atoms with Gasteiger partial charge in [0.25, 0.3) is 0 Å². The van der Waals surface area contributed by atoms with Crippen LogP contribution in [0.3, 0.4) is 0 Å². The van der Waals surface area contributed by atoms with Gasteiger partial charge in [0, 0.05) is 43.1 Å². The molecule has 1 aliphatic rings. The molecule has 1 aliphatic heterocycles. The van der Waals surface area contributed by atoms with Gasteiger partial charge in [-0.3, -0.25) is 14.6 Å². The molecule has 0 fully saturated rings. The molecule has 5 rings (SSSR count). The van der Waals surface area contributed by atoms with Gasteiger partial charge >= 0.3 is 6.03 Å². The second-order valence-corrected chi connectivity index (χ2v) is 11.0. The van der Waals surface area contributed by atoms with Crippen LogP contribution >= 0.6 is 11.6 Å². The lowest BCUT2D eigenvalue weighted by atomic mass is 10.0. The molecule has 0 radical (unpaired) electrons. The quantitative estimate of drug-likeness (QED) is 0.199. The number of nitrogens with one attached hydrogen (secondary N) is 1. The van der Waals surface area contributed by atoms with Gasteiger partial charge in [-0.2, -0.15) is 4.98 Å². The van der Waals surface area contributed by atoms with Crippen molar-refractivity contribution < 1.29 is 19.1 Å². The second kappa shape index (κ2) is 14.2. The van der Waals surface area contributed by atoms with E-state index in [0.717, 1.165) is 11.1 Å². The smallest absolute Gasteiger partial charge is 0.330 e. The number of aromatic nitrogens is 3. The van der Waals surface area contributed by atoms with Crippen LogP contribution in [0.2, 0.25) is 5.02 Å². The number of nitrogens with zero attached hydrogens (tertiary/aromatic N) is 6. The van der Waals surface area contributed by atoms with E-state index >= 15 is 0 Å². The molecule has 3 heterocycles. The number of pyridine rings is 1. The highest BCUT2D eigenvalue weighted by molar-refractivity contribution is 6.35. The fraction of sp³-hybridized carbons (Fsp3) is 0.242. The van der Waals surface area contributed by atoms with Crippen molar-refractivity contribution >= 4 is 46.7 Å². The molecule has 0 unspecified atom stereocenters. The molecule has 0 spiro atoms. The van der Waals surface area contributed by atoms with Crippen molar-refractivity contribution in [2.45, 2.75) is 19.5 Å². The first-order valence-corrected chi connectivity index (χ1v) is 14.6. The summed E-state index contributed by atoms with van der Waals surface area (Å²) < 4.78 is 10.9. The van der Waals surface area contributed by atoms with Gasteiger partial charge < -0.3 is 19.7 Å². The average Bonchev–Trinajstić information content (AvgIpc) is 3.03. The number of ketones is 1. The molecule has 12 heteroatoms. The second-order valence-electron chi connectivity index (χ2n) is 10.6. The minimum absolute atomic E-state index is 0.000776. The molecule has 0 saturated carbocycles. The molecule has 4 aromatic rings. The van der Waals surface area contributed by atoms with E-state index in [4.69, 9.17) is 26.1 Å². The van der Waals surface area contributed by atoms with Crippen molar-refractivity contribution in [1.29, 1.82) is 0 Å². The minimum atomic E-state index is -0.352. The maximum Gasteiger partial charge on any atom is 0.330 e. The van der Waals surface area contributed by atoms with Crippen LogP contribution in [0, 0.1) is 0 Å². The highest BCUT2D eigenvalue weighted by Crippen LogP contribution is 2.42. The molecular weight excluding hydrogens is 594 g/mol. The number of halogens is 1. The number of hydrogen-bond donors (Lipinski definition) is 1. The molecule has 2 amide bonds. The molecule has 0 bridgehead atoms. The van der Waals surface area contributed by atoms with Gasteiger partial charge in [-0.15, -0.1) is 0 Å². The Bertz CT molecular complexity index is 1720. The molecule has 0 saturated heterocycles. The Morgan fingerprint density at radius 2 is 1.89 bits per heavy atom. The van der Waals surface area contributed by atoms with Gasteiger partial charge in [0.1, 0.15) is 28.2 Å². The first-order valence-electron chi connectivity index (χ1n) is 14.2. The Morgan fingerprint density at radius 3 is 2.62 bits per heavy atom. The fourth-order valence-corrected chi connectivity index (χ4v) is 5.14. The van der Waals surface area contributed by atoms with Crippen molar-refractivity contribution in [3.8, 4) is 11.5 Å². The number of benzene rings is 2. The number of carbonyl (C=O) groups is 2. The van der Waals surface area contributed by atoms with Crippen LogP contribution in [0.25, 0.3) is 0 Å². The number of hydrogen-bond acceptors (Lipinski definition) is 9. The number of allylic oxidation sites excluding steroid dienone is 1. The summed E-state index contributed by atoms with van der Waals surface area (Å²) in [6.45, 7) is 1.03. The standard InChI is InChI=1S/C33H34ClN7O4/c1-39(2)14-8-11-25(42)16-22-9-7-10-23(15-22)20-41-31-24(19-36-32(38-31)37-29-12-5-6-13-35-29)21-40(33(41)43)27-17-26(44-3)18-28(45-4)30(27)34/h5-13,15,17-19H,14,16,20-21H2,1-4H3,(H,35,36,37,38)/b11-8+. The zero-order valence-electron chi connectivity index (χ0n) is 25.5. The largest absolute Gasteiger partial charge is 0.497 e. The number of carbonyl (C=O) groups excluding carboxylic acids is 2. The van der Waals surface area contributed by atoms with Crippen molar-refractivity contribution in [3.63, 3.8) is 0 Å². The van der Waals surface area contributed by atoms with Gasteiger partial charge in [-0.25, -0.2) is 14.8 Å². The van der Waals surface area contributed by atoms with Gasteiger partial charge in [0.15, 0.2) is 5.78 Å². The molecule has 0 atom stereocenters. The number of urea groups is 1. The van der Waals surface area contributed by atoms with Gasteiger partial charge in [0.05, 0.1) is 33.0 Å². The monoisotopic (exact) mass is 627 g/mol. The molecule has 45 heavy (non-hydrogen) atoms. The maximum atomic E-state index is 14.3. The van der Waals surface area contributed by atoms with Crippen LogP contribution in [0.5, 0.6) is 11.5 Å². The Kier molecular flexibility index (Phi) is 9.91. The predicted octanol–water partition coefficient (Wildman–Crippen LogP) is 5.66. The van der Waals surface area contributed by atoms with E-state index in [-0.39, 0.29) is 36.3 Å². The molecule has 2 aromatic heterocycles. The van der Waals surface area contributed by atoms with Gasteiger partial charge in [0.2, 0.25) is 5.95 Å². The Labute approximate surface area is 267 Å². The molecule has 0 aliphatic carbocycles. The number of fused-ring (bicyclic) bond motifs is 1. The summed E-state index contributed by atoms with van der Waals surface area (Å²) in [5.41, 5.74) is 2.80. The molecule has 11 nitrogen and oxygen atoms in total. The van der Waals surface area contributed by atoms with E-state index in [1.165, 1.54) is 14.2 Å². The summed E-state index contributed by atoms with van der Waals surface area (Å²) in [5, 5.41) is 3.37. The van der Waals surface area contributed by atoms with E-state index in [1.807, 2.05) is 61.5 Å². The van der Waals surface area contributed by atoms with E-state index in [2.05, 4.69) is 15.3 Å². The lowest BCUT2D eigenvalue weighted by Gasteiger charge is -2.36. The van der Waals surface area contributed by atoms with E-state index < -0.39 is 0 Å². The Hall–Kier alpha value is -5.00. The normalized spacial score (nSPS) is 12.9. The summed E-state index contributed by atoms with van der Waals surface area (Å²) in [6.07, 6.45) is 7.04.